The van der Waals surface area contributed by atoms with E-state index in [9.17, 15) is 0 Å². The maximum Gasteiger partial charge on any atom is 0.0576 e. The van der Waals surface area contributed by atoms with Gasteiger partial charge < -0.3 is 5.73 Å². The van der Waals surface area contributed by atoms with Crippen molar-refractivity contribution in [3.05, 3.63) is 21.9 Å². The van der Waals surface area contributed by atoms with Gasteiger partial charge in [0.15, 0.2) is 0 Å². The second-order valence-corrected chi connectivity index (χ2v) is 6.23. The molecular weight excluding hydrogens is 240 g/mol. The van der Waals surface area contributed by atoms with Crippen molar-refractivity contribution in [1.82, 2.24) is 4.90 Å². The first-order chi connectivity index (χ1) is 8.55. The Labute approximate surface area is 116 Å². The van der Waals surface area contributed by atoms with E-state index in [0.29, 0.717) is 0 Å². The van der Waals surface area contributed by atoms with E-state index in [1.54, 1.807) is 0 Å². The smallest absolute Gasteiger partial charge is 0.0576 e. The molecule has 1 heterocycles. The van der Waals surface area contributed by atoms with Crippen molar-refractivity contribution >= 4 is 11.3 Å². The highest BCUT2D eigenvalue weighted by molar-refractivity contribution is 7.12. The van der Waals surface area contributed by atoms with Crippen LogP contribution in [0.2, 0.25) is 0 Å². The number of nitrogens with two attached hydrogens (primary N) is 1. The lowest BCUT2D eigenvalue weighted by atomic mass is 9.82. The minimum Gasteiger partial charge on any atom is -0.322 e. The van der Waals surface area contributed by atoms with Gasteiger partial charge in [0.2, 0.25) is 0 Å². The van der Waals surface area contributed by atoms with Gasteiger partial charge in [0, 0.05) is 15.3 Å². The van der Waals surface area contributed by atoms with Crippen LogP contribution in [0.15, 0.2) is 12.1 Å². The van der Waals surface area contributed by atoms with Crippen LogP contribution in [-0.2, 0) is 0 Å². The monoisotopic (exact) mass is 268 g/mol. The van der Waals surface area contributed by atoms with Gasteiger partial charge in [-0.05, 0) is 45.0 Å². The van der Waals surface area contributed by atoms with E-state index in [0.717, 1.165) is 25.9 Å². The molecule has 0 spiro atoms. The van der Waals surface area contributed by atoms with Crippen molar-refractivity contribution < 1.29 is 0 Å². The number of rotatable bonds is 7. The Bertz CT molecular complexity index is 351. The Kier molecular flexibility index (Phi) is 5.83. The summed E-state index contributed by atoms with van der Waals surface area (Å²) in [6, 6.07) is 4.50. The van der Waals surface area contributed by atoms with E-state index in [-0.39, 0.29) is 11.6 Å². The predicted octanol–water partition coefficient (Wildman–Crippen LogP) is 3.96. The van der Waals surface area contributed by atoms with Crippen molar-refractivity contribution in [2.75, 3.05) is 13.1 Å². The van der Waals surface area contributed by atoms with Crippen LogP contribution in [0.5, 0.6) is 0 Å². The molecule has 1 unspecified atom stereocenters. The average Bonchev–Trinajstić information content (AvgIpc) is 2.82. The minimum atomic E-state index is 0.0980. The second-order valence-electron chi connectivity index (χ2n) is 4.91. The van der Waals surface area contributed by atoms with E-state index < -0.39 is 0 Å². The molecule has 2 nitrogen and oxygen atoms in total. The van der Waals surface area contributed by atoms with Crippen molar-refractivity contribution in [2.45, 2.75) is 59.0 Å². The average molecular weight is 268 g/mol. The molecule has 0 saturated heterocycles. The van der Waals surface area contributed by atoms with Crippen LogP contribution in [0.25, 0.3) is 0 Å². The first-order valence-electron chi connectivity index (χ1n) is 7.12. The van der Waals surface area contributed by atoms with E-state index in [1.807, 2.05) is 11.3 Å². The van der Waals surface area contributed by atoms with E-state index >= 15 is 0 Å². The van der Waals surface area contributed by atoms with E-state index in [2.05, 4.69) is 51.7 Å². The molecule has 1 aromatic heterocycles. The maximum absolute atomic E-state index is 6.63. The van der Waals surface area contributed by atoms with Crippen LogP contribution in [0.4, 0.5) is 0 Å². The van der Waals surface area contributed by atoms with E-state index in [4.69, 9.17) is 5.73 Å². The fourth-order valence-corrected chi connectivity index (χ4v) is 4.06. The van der Waals surface area contributed by atoms with Gasteiger partial charge in [-0.1, -0.05) is 27.7 Å². The lowest BCUT2D eigenvalue weighted by Crippen LogP contribution is -2.54. The quantitative estimate of drug-likeness (QED) is 0.811. The number of hydrogen-bond acceptors (Lipinski definition) is 3. The molecule has 0 fully saturated rings. The first-order valence-corrected chi connectivity index (χ1v) is 7.94. The molecule has 1 aromatic rings. The molecule has 0 aromatic carbocycles. The molecule has 1 atom stereocenters. The molecule has 0 aliphatic heterocycles. The fraction of sp³-hybridized carbons (Fsp3) is 0.733. The third-order valence-corrected chi connectivity index (χ3v) is 5.35. The molecule has 1 rings (SSSR count). The largest absolute Gasteiger partial charge is 0.322 e. The lowest BCUT2D eigenvalue weighted by molar-refractivity contribution is 0.0636. The highest BCUT2D eigenvalue weighted by atomic mass is 32.1. The highest BCUT2D eigenvalue weighted by Crippen LogP contribution is 2.38. The third-order valence-electron chi connectivity index (χ3n) is 4.26. The van der Waals surface area contributed by atoms with Crippen molar-refractivity contribution in [3.8, 4) is 0 Å². The van der Waals surface area contributed by atoms with Gasteiger partial charge in [-0.2, -0.15) is 0 Å². The summed E-state index contributed by atoms with van der Waals surface area (Å²) < 4.78 is 0. The van der Waals surface area contributed by atoms with Crippen molar-refractivity contribution in [2.24, 2.45) is 5.73 Å². The van der Waals surface area contributed by atoms with Gasteiger partial charge in [0.1, 0.15) is 0 Å². The minimum absolute atomic E-state index is 0.0980. The fourth-order valence-electron chi connectivity index (χ4n) is 3.07. The molecule has 0 amide bonds. The van der Waals surface area contributed by atoms with Crippen LogP contribution < -0.4 is 5.73 Å². The van der Waals surface area contributed by atoms with Gasteiger partial charge in [-0.15, -0.1) is 11.3 Å². The summed E-state index contributed by atoms with van der Waals surface area (Å²) in [4.78, 5) is 5.21. The standard InChI is InChI=1S/C15H28N2S/c1-6-15(7-2,17(8-3)9-4)14(16)13-11-10-12(5)18-13/h10-11,14H,6-9,16H2,1-5H3. The zero-order valence-electron chi connectivity index (χ0n) is 12.5. The Balaban J connectivity index is 3.10. The first kappa shape index (κ1) is 15.7. The highest BCUT2D eigenvalue weighted by Gasteiger charge is 2.39. The number of thiophene rings is 1. The Morgan fingerprint density at radius 2 is 1.72 bits per heavy atom. The van der Waals surface area contributed by atoms with Crippen LogP contribution in [0.1, 0.15) is 56.3 Å². The number of aryl methyl sites for hydroxylation is 1. The summed E-state index contributed by atoms with van der Waals surface area (Å²) >= 11 is 1.84. The van der Waals surface area contributed by atoms with Gasteiger partial charge in [-0.3, -0.25) is 4.90 Å². The summed E-state index contributed by atoms with van der Waals surface area (Å²) in [5, 5.41) is 0. The maximum atomic E-state index is 6.63. The zero-order valence-corrected chi connectivity index (χ0v) is 13.3. The molecule has 104 valence electrons. The van der Waals surface area contributed by atoms with Crippen LogP contribution >= 0.6 is 11.3 Å². The molecule has 0 saturated carbocycles. The number of hydrogen-bond donors (Lipinski definition) is 1. The normalized spacial score (nSPS) is 14.2. The third kappa shape index (κ3) is 2.79. The summed E-state index contributed by atoms with van der Waals surface area (Å²) in [6.07, 6.45) is 2.20. The molecule has 18 heavy (non-hydrogen) atoms. The van der Waals surface area contributed by atoms with Crippen LogP contribution in [0.3, 0.4) is 0 Å². The SMILES string of the molecule is CCN(CC)C(CC)(CC)C(N)c1ccc(C)s1. The van der Waals surface area contributed by atoms with Crippen LogP contribution in [-0.4, -0.2) is 23.5 Å². The molecule has 0 radical (unpaired) electrons. The molecule has 2 N–H and O–H groups in total. The molecular formula is C15H28N2S. The summed E-state index contributed by atoms with van der Waals surface area (Å²) in [7, 11) is 0. The molecule has 0 aliphatic carbocycles. The molecule has 0 aliphatic rings. The van der Waals surface area contributed by atoms with E-state index in [1.165, 1.54) is 9.75 Å². The van der Waals surface area contributed by atoms with Gasteiger partial charge in [-0.25, -0.2) is 0 Å². The van der Waals surface area contributed by atoms with Gasteiger partial charge in [0.25, 0.3) is 0 Å². The predicted molar refractivity (Wildman–Crippen MR) is 82.2 cm³/mol. The van der Waals surface area contributed by atoms with Crippen molar-refractivity contribution in [1.29, 1.82) is 0 Å². The Morgan fingerprint density at radius 1 is 1.17 bits per heavy atom. The number of likely N-dealkylation sites (N-methyl/N-ethyl adjacent to an activating group) is 1. The lowest BCUT2D eigenvalue weighted by Gasteiger charge is -2.46. The summed E-state index contributed by atoms with van der Waals surface area (Å²) in [5.74, 6) is 0. The second kappa shape index (κ2) is 6.69. The van der Waals surface area contributed by atoms with Crippen molar-refractivity contribution in [3.63, 3.8) is 0 Å². The topological polar surface area (TPSA) is 29.3 Å². The van der Waals surface area contributed by atoms with Gasteiger partial charge >= 0.3 is 0 Å². The Hall–Kier alpha value is -0.380. The summed E-state index contributed by atoms with van der Waals surface area (Å²) in [5.41, 5.74) is 6.73. The summed E-state index contributed by atoms with van der Waals surface area (Å²) in [6.45, 7) is 13.3. The number of nitrogens with zero attached hydrogens (tertiary/aromatic N) is 1. The van der Waals surface area contributed by atoms with Gasteiger partial charge in [0.05, 0.1) is 6.04 Å². The Morgan fingerprint density at radius 3 is 2.06 bits per heavy atom. The molecule has 3 heteroatoms. The molecule has 0 bridgehead atoms. The zero-order chi connectivity index (χ0) is 13.8. The van der Waals surface area contributed by atoms with Crippen LogP contribution in [0, 0.1) is 6.92 Å².